The van der Waals surface area contributed by atoms with Crippen LogP contribution in [0.2, 0.25) is 0 Å². The molecule has 0 aliphatic heterocycles. The maximum atomic E-state index is 9.83. The average Bonchev–Trinajstić information content (AvgIpc) is 3.15. The fourth-order valence-electron chi connectivity index (χ4n) is 2.67. The van der Waals surface area contributed by atoms with Crippen LogP contribution in [0.3, 0.4) is 0 Å². The van der Waals surface area contributed by atoms with Crippen molar-refractivity contribution in [1.82, 2.24) is 9.97 Å². The van der Waals surface area contributed by atoms with Crippen LogP contribution in [0.1, 0.15) is 16.3 Å². The van der Waals surface area contributed by atoms with Crippen LogP contribution >= 0.6 is 23.1 Å². The summed E-state index contributed by atoms with van der Waals surface area (Å²) in [5.41, 5.74) is 8.55. The molecule has 9 heteroatoms. The number of thioether (sulfide) groups is 1. The lowest BCUT2D eigenvalue weighted by Gasteiger charge is -2.13. The van der Waals surface area contributed by atoms with Gasteiger partial charge in [0.15, 0.2) is 0 Å². The Hall–Kier alpha value is -3.11. The highest BCUT2D eigenvalue weighted by Gasteiger charge is 2.21. The molecule has 0 radical (unpaired) electrons. The number of hydrogen-bond acceptors (Lipinski definition) is 8. The normalized spacial score (nSPS) is 10.3. The number of benzene rings is 1. The van der Waals surface area contributed by atoms with Crippen LogP contribution in [-0.4, -0.2) is 28.3 Å². The zero-order chi connectivity index (χ0) is 20.8. The van der Waals surface area contributed by atoms with E-state index in [1.54, 1.807) is 35.6 Å². The average molecular weight is 424 g/mol. The molecule has 29 heavy (non-hydrogen) atoms. The number of rotatable bonds is 7. The van der Waals surface area contributed by atoms with Gasteiger partial charge in [-0.25, -0.2) is 14.8 Å². The number of nitrogen functional groups attached to an aromatic ring is 1. The predicted octanol–water partition coefficient (Wildman–Crippen LogP) is 4.18. The Morgan fingerprint density at radius 2 is 2.10 bits per heavy atom. The Labute approximate surface area is 176 Å². The number of nitrogens with two attached hydrogens (primary N) is 1. The van der Waals surface area contributed by atoms with E-state index in [1.165, 1.54) is 11.8 Å². The minimum atomic E-state index is -0.0812. The maximum absolute atomic E-state index is 9.83. The van der Waals surface area contributed by atoms with Gasteiger partial charge in [0.2, 0.25) is 5.69 Å². The molecule has 7 nitrogen and oxygen atoms in total. The van der Waals surface area contributed by atoms with Crippen LogP contribution in [0.15, 0.2) is 34.7 Å². The fraction of sp³-hybridized carbons (Fsp3) is 0.200. The number of nitriles is 1. The van der Waals surface area contributed by atoms with Crippen LogP contribution in [0, 0.1) is 24.8 Å². The number of nitrogens with zero attached hydrogens (tertiary/aromatic N) is 4. The van der Waals surface area contributed by atoms with Crippen molar-refractivity contribution in [3.63, 3.8) is 0 Å². The Balaban J connectivity index is 2.01. The Bertz CT molecular complexity index is 1100. The second-order valence-electron chi connectivity index (χ2n) is 5.87. The first kappa shape index (κ1) is 20.6. The lowest BCUT2D eigenvalue weighted by Crippen LogP contribution is -2.02. The molecule has 0 amide bonds. The largest absolute Gasteiger partial charge is 0.491 e. The molecule has 0 bridgehead atoms. The molecule has 3 N–H and O–H groups in total. The SMILES string of the molecule is [C-]#[N+]c1c(N)nc(SCc2csc(C)n2)c(C#N)c1-c1ccc(OCCO)cc1. The third-order valence-corrected chi connectivity index (χ3v) is 5.75. The van der Waals surface area contributed by atoms with Crippen molar-refractivity contribution in [3.05, 3.63) is 57.3 Å². The van der Waals surface area contributed by atoms with E-state index in [9.17, 15) is 5.26 Å². The van der Waals surface area contributed by atoms with Crippen molar-refractivity contribution < 1.29 is 9.84 Å². The fourth-order valence-corrected chi connectivity index (χ4v) is 4.28. The Kier molecular flexibility index (Phi) is 6.68. The van der Waals surface area contributed by atoms with Gasteiger partial charge in [0.05, 0.1) is 29.4 Å². The zero-order valence-corrected chi connectivity index (χ0v) is 17.2. The number of pyridine rings is 1. The summed E-state index contributed by atoms with van der Waals surface area (Å²) in [7, 11) is 0. The molecule has 2 aromatic heterocycles. The minimum absolute atomic E-state index is 0.0812. The molecular weight excluding hydrogens is 406 g/mol. The molecule has 0 atom stereocenters. The van der Waals surface area contributed by atoms with E-state index < -0.39 is 0 Å². The summed E-state index contributed by atoms with van der Waals surface area (Å²) < 4.78 is 5.37. The highest BCUT2D eigenvalue weighted by molar-refractivity contribution is 7.98. The first-order chi connectivity index (χ1) is 14.1. The summed E-state index contributed by atoms with van der Waals surface area (Å²) in [4.78, 5) is 12.3. The molecule has 2 heterocycles. The van der Waals surface area contributed by atoms with Crippen LogP contribution in [-0.2, 0) is 5.75 Å². The van der Waals surface area contributed by atoms with Crippen LogP contribution in [0.5, 0.6) is 5.75 Å². The number of hydrogen-bond donors (Lipinski definition) is 2. The molecule has 0 saturated carbocycles. The first-order valence-electron chi connectivity index (χ1n) is 8.56. The van der Waals surface area contributed by atoms with Crippen molar-refractivity contribution in [2.45, 2.75) is 17.7 Å². The lowest BCUT2D eigenvalue weighted by atomic mass is 10.00. The minimum Gasteiger partial charge on any atom is -0.491 e. The van der Waals surface area contributed by atoms with Gasteiger partial charge in [0.25, 0.3) is 0 Å². The van der Waals surface area contributed by atoms with Crippen molar-refractivity contribution in [2.75, 3.05) is 18.9 Å². The summed E-state index contributed by atoms with van der Waals surface area (Å²) in [6.07, 6.45) is 0. The number of aliphatic hydroxyl groups is 1. The van der Waals surface area contributed by atoms with Gasteiger partial charge in [0, 0.05) is 16.7 Å². The molecule has 3 rings (SSSR count). The number of aromatic nitrogens is 2. The highest BCUT2D eigenvalue weighted by atomic mass is 32.2. The summed E-state index contributed by atoms with van der Waals surface area (Å²) in [5.74, 6) is 1.23. The highest BCUT2D eigenvalue weighted by Crippen LogP contribution is 2.42. The molecule has 0 aliphatic carbocycles. The van der Waals surface area contributed by atoms with E-state index in [2.05, 4.69) is 20.9 Å². The van der Waals surface area contributed by atoms with E-state index in [0.717, 1.165) is 10.7 Å². The quantitative estimate of drug-likeness (QED) is 0.433. The van der Waals surface area contributed by atoms with Gasteiger partial charge >= 0.3 is 0 Å². The summed E-state index contributed by atoms with van der Waals surface area (Å²) in [6, 6.07) is 9.16. The second-order valence-corrected chi connectivity index (χ2v) is 7.89. The molecule has 146 valence electrons. The van der Waals surface area contributed by atoms with Crippen LogP contribution in [0.4, 0.5) is 11.5 Å². The maximum Gasteiger partial charge on any atom is 0.236 e. The molecule has 0 unspecified atom stereocenters. The van der Waals surface area contributed by atoms with Gasteiger partial charge in [-0.2, -0.15) is 5.26 Å². The molecule has 1 aromatic carbocycles. The standard InChI is InChI=1S/C20H17N5O2S2/c1-12-24-14(10-28-12)11-29-20-16(9-21)17(18(23-2)19(22)25-20)13-3-5-15(6-4-13)27-8-7-26/h3-6,10,26H,7-8,11H2,1H3,(H2,22,25). The third kappa shape index (κ3) is 4.66. The molecule has 3 aromatic rings. The number of aryl methyl sites for hydroxylation is 1. The molecule has 0 spiro atoms. The topological polar surface area (TPSA) is 109 Å². The smallest absolute Gasteiger partial charge is 0.236 e. The van der Waals surface area contributed by atoms with Gasteiger partial charge in [-0.05, 0) is 24.6 Å². The second kappa shape index (κ2) is 9.39. The molecule has 0 aliphatic rings. The van der Waals surface area contributed by atoms with Crippen LogP contribution < -0.4 is 10.5 Å². The summed E-state index contributed by atoms with van der Waals surface area (Å²) in [6.45, 7) is 9.56. The molecule has 0 fully saturated rings. The summed E-state index contributed by atoms with van der Waals surface area (Å²) in [5, 5.41) is 22.1. The van der Waals surface area contributed by atoms with Gasteiger partial charge in [0.1, 0.15) is 29.3 Å². The van der Waals surface area contributed by atoms with Crippen LogP contribution in [0.25, 0.3) is 16.0 Å². The van der Waals surface area contributed by atoms with E-state index in [1.807, 2.05) is 12.3 Å². The van der Waals surface area contributed by atoms with Gasteiger partial charge in [-0.3, -0.25) is 0 Å². The zero-order valence-electron chi connectivity index (χ0n) is 15.5. The van der Waals surface area contributed by atoms with E-state index >= 15 is 0 Å². The third-order valence-electron chi connectivity index (χ3n) is 3.92. The van der Waals surface area contributed by atoms with E-state index in [4.69, 9.17) is 22.1 Å². The number of thiazole rings is 1. The number of ether oxygens (including phenoxy) is 1. The lowest BCUT2D eigenvalue weighted by molar-refractivity contribution is 0.201. The monoisotopic (exact) mass is 423 g/mol. The first-order valence-corrected chi connectivity index (χ1v) is 10.4. The van der Waals surface area contributed by atoms with E-state index in [-0.39, 0.29) is 24.7 Å². The Morgan fingerprint density at radius 3 is 2.69 bits per heavy atom. The van der Waals surface area contributed by atoms with Crippen molar-refractivity contribution >= 4 is 34.6 Å². The van der Waals surface area contributed by atoms with Crippen molar-refractivity contribution in [2.24, 2.45) is 0 Å². The number of aliphatic hydroxyl groups excluding tert-OH is 1. The predicted molar refractivity (Wildman–Crippen MR) is 114 cm³/mol. The Morgan fingerprint density at radius 1 is 1.34 bits per heavy atom. The van der Waals surface area contributed by atoms with Crippen molar-refractivity contribution in [1.29, 1.82) is 5.26 Å². The molecule has 0 saturated heterocycles. The van der Waals surface area contributed by atoms with Gasteiger partial charge < -0.3 is 15.6 Å². The number of anilines is 1. The van der Waals surface area contributed by atoms with Crippen molar-refractivity contribution in [3.8, 4) is 22.9 Å². The summed E-state index contributed by atoms with van der Waals surface area (Å²) >= 11 is 2.93. The van der Waals surface area contributed by atoms with Gasteiger partial charge in [-0.1, -0.05) is 23.9 Å². The molecular formula is C20H17N5O2S2. The van der Waals surface area contributed by atoms with E-state index in [0.29, 0.717) is 33.2 Å². The van der Waals surface area contributed by atoms with Gasteiger partial charge in [-0.15, -0.1) is 11.3 Å².